The van der Waals surface area contributed by atoms with E-state index in [0.29, 0.717) is 12.6 Å². The van der Waals surface area contributed by atoms with Crippen molar-refractivity contribution in [3.63, 3.8) is 0 Å². The van der Waals surface area contributed by atoms with Crippen LogP contribution in [0, 0.1) is 15.9 Å². The molecule has 0 aromatic heterocycles. The molecule has 0 saturated carbocycles. The SMILES string of the molecule is O=[N+]([O-])c1ccc(F)cc1COCC1CCCCN1. The van der Waals surface area contributed by atoms with Crippen LogP contribution in [0.1, 0.15) is 24.8 Å². The van der Waals surface area contributed by atoms with Gasteiger partial charge in [-0.25, -0.2) is 4.39 Å². The molecule has 1 unspecified atom stereocenters. The Morgan fingerprint density at radius 3 is 3.00 bits per heavy atom. The average Bonchev–Trinajstić information content (AvgIpc) is 2.39. The summed E-state index contributed by atoms with van der Waals surface area (Å²) in [7, 11) is 0. The number of halogens is 1. The van der Waals surface area contributed by atoms with E-state index in [0.717, 1.165) is 25.1 Å². The van der Waals surface area contributed by atoms with Crippen molar-refractivity contribution in [1.82, 2.24) is 5.32 Å². The highest BCUT2D eigenvalue weighted by Crippen LogP contribution is 2.20. The molecular weight excluding hydrogens is 251 g/mol. The van der Waals surface area contributed by atoms with Crippen molar-refractivity contribution in [2.75, 3.05) is 13.2 Å². The second-order valence-electron chi connectivity index (χ2n) is 4.69. The number of benzene rings is 1. The fourth-order valence-corrected chi connectivity index (χ4v) is 2.23. The van der Waals surface area contributed by atoms with E-state index in [1.807, 2.05) is 0 Å². The zero-order valence-electron chi connectivity index (χ0n) is 10.6. The fraction of sp³-hybridized carbons (Fsp3) is 0.538. The molecule has 1 saturated heterocycles. The summed E-state index contributed by atoms with van der Waals surface area (Å²) >= 11 is 0. The molecule has 5 nitrogen and oxygen atoms in total. The lowest BCUT2D eigenvalue weighted by Crippen LogP contribution is -2.37. The molecule has 1 fully saturated rings. The number of nitro benzene ring substituents is 1. The Morgan fingerprint density at radius 1 is 1.47 bits per heavy atom. The third kappa shape index (κ3) is 3.97. The Morgan fingerprint density at radius 2 is 2.32 bits per heavy atom. The molecule has 0 aliphatic carbocycles. The summed E-state index contributed by atoms with van der Waals surface area (Å²) < 4.78 is 18.6. The molecule has 1 heterocycles. The molecule has 0 bridgehead atoms. The van der Waals surface area contributed by atoms with Gasteiger partial charge >= 0.3 is 0 Å². The Kier molecular flexibility index (Phi) is 4.81. The summed E-state index contributed by atoms with van der Waals surface area (Å²) in [5.41, 5.74) is 0.179. The third-order valence-corrected chi connectivity index (χ3v) is 3.23. The van der Waals surface area contributed by atoms with Gasteiger partial charge in [0.05, 0.1) is 23.7 Å². The average molecular weight is 268 g/mol. The van der Waals surface area contributed by atoms with E-state index in [1.54, 1.807) is 0 Å². The lowest BCUT2D eigenvalue weighted by Gasteiger charge is -2.23. The van der Waals surface area contributed by atoms with E-state index in [2.05, 4.69) is 5.32 Å². The first-order chi connectivity index (χ1) is 9.16. The minimum Gasteiger partial charge on any atom is -0.375 e. The molecule has 0 radical (unpaired) electrons. The molecule has 1 aromatic carbocycles. The van der Waals surface area contributed by atoms with Gasteiger partial charge in [-0.2, -0.15) is 0 Å². The quantitative estimate of drug-likeness (QED) is 0.658. The van der Waals surface area contributed by atoms with E-state index >= 15 is 0 Å². The molecule has 1 atom stereocenters. The van der Waals surface area contributed by atoms with E-state index in [-0.39, 0.29) is 17.9 Å². The maximum atomic E-state index is 13.1. The zero-order valence-corrected chi connectivity index (χ0v) is 10.6. The monoisotopic (exact) mass is 268 g/mol. The Balaban J connectivity index is 1.91. The first-order valence-electron chi connectivity index (χ1n) is 6.41. The van der Waals surface area contributed by atoms with E-state index in [9.17, 15) is 14.5 Å². The molecular formula is C13H17FN2O3. The topological polar surface area (TPSA) is 64.4 Å². The minimum atomic E-state index is -0.517. The van der Waals surface area contributed by atoms with Crippen LogP contribution in [0.2, 0.25) is 0 Å². The Bertz CT molecular complexity index is 448. The molecule has 1 N–H and O–H groups in total. The van der Waals surface area contributed by atoms with Gasteiger partial charge in [0.25, 0.3) is 5.69 Å². The van der Waals surface area contributed by atoms with Gasteiger partial charge in [-0.3, -0.25) is 10.1 Å². The van der Waals surface area contributed by atoms with Crippen LogP contribution in [0.5, 0.6) is 0 Å². The van der Waals surface area contributed by atoms with Crippen LogP contribution in [-0.2, 0) is 11.3 Å². The smallest absolute Gasteiger partial charge is 0.275 e. The van der Waals surface area contributed by atoms with Gasteiger partial charge in [-0.15, -0.1) is 0 Å². The number of nitro groups is 1. The number of nitrogens with one attached hydrogen (secondary N) is 1. The molecule has 1 aliphatic heterocycles. The Hall–Kier alpha value is -1.53. The molecule has 6 heteroatoms. The van der Waals surface area contributed by atoms with Crippen LogP contribution >= 0.6 is 0 Å². The first kappa shape index (κ1) is 13.9. The molecule has 0 spiro atoms. The number of hydrogen-bond acceptors (Lipinski definition) is 4. The van der Waals surface area contributed by atoms with Gasteiger partial charge in [-0.05, 0) is 31.5 Å². The van der Waals surface area contributed by atoms with Gasteiger partial charge in [-0.1, -0.05) is 6.42 Å². The highest BCUT2D eigenvalue weighted by molar-refractivity contribution is 5.39. The van der Waals surface area contributed by atoms with Crippen molar-refractivity contribution >= 4 is 5.69 Å². The second-order valence-corrected chi connectivity index (χ2v) is 4.69. The first-order valence-corrected chi connectivity index (χ1v) is 6.41. The molecule has 1 aliphatic rings. The maximum absolute atomic E-state index is 13.1. The summed E-state index contributed by atoms with van der Waals surface area (Å²) in [6, 6.07) is 3.71. The van der Waals surface area contributed by atoms with Gasteiger partial charge in [0.1, 0.15) is 5.82 Å². The lowest BCUT2D eigenvalue weighted by molar-refractivity contribution is -0.386. The van der Waals surface area contributed by atoms with Crippen molar-refractivity contribution in [1.29, 1.82) is 0 Å². The van der Waals surface area contributed by atoms with Crippen molar-refractivity contribution in [3.05, 3.63) is 39.7 Å². The zero-order chi connectivity index (χ0) is 13.7. The number of piperidine rings is 1. The van der Waals surface area contributed by atoms with Gasteiger partial charge in [0.2, 0.25) is 0 Å². The van der Waals surface area contributed by atoms with Gasteiger partial charge in [0.15, 0.2) is 0 Å². The standard InChI is InChI=1S/C13H17FN2O3/c14-11-4-5-13(16(17)18)10(7-11)8-19-9-12-3-1-2-6-15-12/h4-5,7,12,15H,1-3,6,8-9H2. The summed E-state index contributed by atoms with van der Waals surface area (Å²) in [5.74, 6) is -0.486. The number of nitrogens with zero attached hydrogens (tertiary/aromatic N) is 1. The predicted molar refractivity (Wildman–Crippen MR) is 68.4 cm³/mol. The third-order valence-electron chi connectivity index (χ3n) is 3.23. The summed E-state index contributed by atoms with van der Waals surface area (Å²) in [4.78, 5) is 10.3. The van der Waals surface area contributed by atoms with Crippen molar-refractivity contribution < 1.29 is 14.1 Å². The van der Waals surface area contributed by atoms with Crippen molar-refractivity contribution in [3.8, 4) is 0 Å². The maximum Gasteiger partial charge on any atom is 0.275 e. The van der Waals surface area contributed by atoms with E-state index < -0.39 is 10.7 Å². The number of rotatable bonds is 5. The van der Waals surface area contributed by atoms with Crippen molar-refractivity contribution in [2.24, 2.45) is 0 Å². The second kappa shape index (κ2) is 6.58. The molecule has 1 aromatic rings. The van der Waals surface area contributed by atoms with Crippen LogP contribution in [0.3, 0.4) is 0 Å². The lowest BCUT2D eigenvalue weighted by atomic mass is 10.1. The highest BCUT2D eigenvalue weighted by atomic mass is 19.1. The molecule has 0 amide bonds. The minimum absolute atomic E-state index is 0.0618. The van der Waals surface area contributed by atoms with Gasteiger partial charge in [0, 0.05) is 12.1 Å². The number of hydrogen-bond donors (Lipinski definition) is 1. The summed E-state index contributed by atoms with van der Waals surface area (Å²) in [6.07, 6.45) is 3.39. The fourth-order valence-electron chi connectivity index (χ4n) is 2.23. The largest absolute Gasteiger partial charge is 0.375 e. The van der Waals surface area contributed by atoms with Crippen LogP contribution < -0.4 is 5.32 Å². The normalized spacial score (nSPS) is 19.3. The van der Waals surface area contributed by atoms with Crippen LogP contribution in [0.15, 0.2) is 18.2 Å². The molecule has 104 valence electrons. The molecule has 19 heavy (non-hydrogen) atoms. The van der Waals surface area contributed by atoms with E-state index in [1.165, 1.54) is 18.9 Å². The summed E-state index contributed by atoms with van der Waals surface area (Å²) in [5, 5.41) is 14.1. The van der Waals surface area contributed by atoms with Crippen LogP contribution in [0.25, 0.3) is 0 Å². The summed E-state index contributed by atoms with van der Waals surface area (Å²) in [6.45, 7) is 1.54. The number of ether oxygens (including phenoxy) is 1. The van der Waals surface area contributed by atoms with Crippen LogP contribution in [0.4, 0.5) is 10.1 Å². The molecule has 2 rings (SSSR count). The predicted octanol–water partition coefficient (Wildman–Crippen LogP) is 2.39. The Labute approximate surface area is 110 Å². The van der Waals surface area contributed by atoms with Crippen LogP contribution in [-0.4, -0.2) is 24.1 Å². The highest BCUT2D eigenvalue weighted by Gasteiger charge is 2.16. The van der Waals surface area contributed by atoms with Crippen molar-refractivity contribution in [2.45, 2.75) is 31.9 Å². The van der Waals surface area contributed by atoms with E-state index in [4.69, 9.17) is 4.74 Å². The van der Waals surface area contributed by atoms with Gasteiger partial charge < -0.3 is 10.1 Å².